The molecule has 0 amide bonds. The fourth-order valence-electron chi connectivity index (χ4n) is 1.67. The smallest absolute Gasteiger partial charge is 0.194 e. The molecule has 4 heteroatoms. The normalized spacial score (nSPS) is 16.2. The molecule has 0 bridgehead atoms. The first-order chi connectivity index (χ1) is 7.68. The number of benzene rings is 1. The largest absolute Gasteiger partial charge is 0.376 e. The van der Waals surface area contributed by atoms with Crippen LogP contribution >= 0.6 is 0 Å². The molecule has 16 heavy (non-hydrogen) atoms. The van der Waals surface area contributed by atoms with Crippen LogP contribution in [0, 0.1) is 23.4 Å². The van der Waals surface area contributed by atoms with Crippen molar-refractivity contribution in [2.75, 3.05) is 6.61 Å². The van der Waals surface area contributed by atoms with Crippen molar-refractivity contribution in [3.8, 4) is 0 Å². The fourth-order valence-corrected chi connectivity index (χ4v) is 1.67. The Morgan fingerprint density at radius 2 is 1.88 bits per heavy atom. The van der Waals surface area contributed by atoms with E-state index in [1.54, 1.807) is 0 Å². The lowest BCUT2D eigenvalue weighted by atomic mass is 9.86. The van der Waals surface area contributed by atoms with Crippen LogP contribution in [0.3, 0.4) is 0 Å². The molecule has 1 aliphatic carbocycles. The summed E-state index contributed by atoms with van der Waals surface area (Å²) in [6, 6.07) is 2.13. The maximum absolute atomic E-state index is 13.2. The van der Waals surface area contributed by atoms with Crippen molar-refractivity contribution < 1.29 is 17.9 Å². The van der Waals surface area contributed by atoms with Gasteiger partial charge in [-0.05, 0) is 24.8 Å². The van der Waals surface area contributed by atoms with Gasteiger partial charge in [-0.2, -0.15) is 0 Å². The summed E-state index contributed by atoms with van der Waals surface area (Å²) in [5.74, 6) is -3.19. The average Bonchev–Trinajstić information content (AvgIpc) is 2.21. The summed E-state index contributed by atoms with van der Waals surface area (Å²) in [7, 11) is 0. The second-order valence-corrected chi connectivity index (χ2v) is 4.15. The van der Waals surface area contributed by atoms with Crippen molar-refractivity contribution in [2.24, 2.45) is 5.92 Å². The molecule has 0 heterocycles. The maximum Gasteiger partial charge on any atom is 0.194 e. The Morgan fingerprint density at radius 3 is 2.50 bits per heavy atom. The summed E-state index contributed by atoms with van der Waals surface area (Å²) < 4.78 is 43.9. The molecule has 88 valence electrons. The van der Waals surface area contributed by atoms with Gasteiger partial charge in [0.2, 0.25) is 0 Å². The maximum atomic E-state index is 13.2. The first kappa shape index (κ1) is 11.5. The predicted molar refractivity (Wildman–Crippen MR) is 53.3 cm³/mol. The molecule has 0 N–H and O–H groups in total. The van der Waals surface area contributed by atoms with Crippen molar-refractivity contribution in [3.63, 3.8) is 0 Å². The van der Waals surface area contributed by atoms with E-state index in [1.165, 1.54) is 12.5 Å². The zero-order valence-electron chi connectivity index (χ0n) is 8.81. The zero-order chi connectivity index (χ0) is 11.5. The number of halogens is 3. The van der Waals surface area contributed by atoms with Gasteiger partial charge in [-0.3, -0.25) is 0 Å². The van der Waals surface area contributed by atoms with Gasteiger partial charge in [-0.1, -0.05) is 12.5 Å². The van der Waals surface area contributed by atoms with Crippen molar-refractivity contribution in [3.05, 3.63) is 35.1 Å². The minimum Gasteiger partial charge on any atom is -0.376 e. The van der Waals surface area contributed by atoms with Gasteiger partial charge in [0, 0.05) is 12.2 Å². The van der Waals surface area contributed by atoms with E-state index in [2.05, 4.69) is 0 Å². The molecule has 0 atom stereocenters. The summed E-state index contributed by atoms with van der Waals surface area (Å²) in [6.45, 7) is 0.567. The lowest BCUT2D eigenvalue weighted by Crippen LogP contribution is -2.17. The van der Waals surface area contributed by atoms with E-state index in [0.717, 1.165) is 18.9 Å². The van der Waals surface area contributed by atoms with Gasteiger partial charge in [0.1, 0.15) is 0 Å². The molecule has 0 aromatic heterocycles. The highest BCUT2D eigenvalue weighted by Gasteiger charge is 2.18. The molecule has 0 radical (unpaired) electrons. The third-order valence-corrected chi connectivity index (χ3v) is 2.95. The number of hydrogen-bond acceptors (Lipinski definition) is 1. The quantitative estimate of drug-likeness (QED) is 0.720. The number of rotatable bonds is 4. The highest BCUT2D eigenvalue weighted by Crippen LogP contribution is 2.26. The third-order valence-electron chi connectivity index (χ3n) is 2.95. The molecular weight excluding hydrogens is 217 g/mol. The Morgan fingerprint density at radius 1 is 1.12 bits per heavy atom. The summed E-state index contributed by atoms with van der Waals surface area (Å²) in [5, 5.41) is 0. The Balaban J connectivity index is 1.90. The second kappa shape index (κ2) is 4.87. The van der Waals surface area contributed by atoms with E-state index >= 15 is 0 Å². The highest BCUT2D eigenvalue weighted by molar-refractivity contribution is 5.19. The first-order valence-electron chi connectivity index (χ1n) is 5.38. The summed E-state index contributed by atoms with van der Waals surface area (Å²) in [5.41, 5.74) is 0.0678. The SMILES string of the molecule is Fc1ccc(COCC2CCC2)c(F)c1F. The molecule has 1 saturated carbocycles. The Hall–Kier alpha value is -1.03. The minimum absolute atomic E-state index is 0.000463. The van der Waals surface area contributed by atoms with Crippen molar-refractivity contribution in [1.82, 2.24) is 0 Å². The van der Waals surface area contributed by atoms with E-state index in [9.17, 15) is 13.2 Å². The van der Waals surface area contributed by atoms with Crippen molar-refractivity contribution >= 4 is 0 Å². The standard InChI is InChI=1S/C12H13F3O/c13-10-5-4-9(11(14)12(10)15)7-16-6-8-2-1-3-8/h4-5,8H,1-3,6-7H2. The summed E-state index contributed by atoms with van der Waals surface area (Å²) >= 11 is 0. The van der Waals surface area contributed by atoms with Gasteiger partial charge in [0.15, 0.2) is 17.5 Å². The molecule has 0 saturated heterocycles. The van der Waals surface area contributed by atoms with E-state index in [-0.39, 0.29) is 12.2 Å². The predicted octanol–water partition coefficient (Wildman–Crippen LogP) is 3.42. The average molecular weight is 230 g/mol. The lowest BCUT2D eigenvalue weighted by molar-refractivity contribution is 0.0578. The Bertz CT molecular complexity index is 375. The Labute approximate surface area is 92.2 Å². The monoisotopic (exact) mass is 230 g/mol. The second-order valence-electron chi connectivity index (χ2n) is 4.15. The van der Waals surface area contributed by atoms with Crippen LogP contribution in [0.5, 0.6) is 0 Å². The number of ether oxygens (including phenoxy) is 1. The minimum atomic E-state index is -1.43. The Kier molecular flexibility index (Phi) is 3.49. The van der Waals surface area contributed by atoms with Crippen LogP contribution < -0.4 is 0 Å². The fraction of sp³-hybridized carbons (Fsp3) is 0.500. The van der Waals surface area contributed by atoms with Crippen LogP contribution in [0.2, 0.25) is 0 Å². The molecule has 1 aromatic carbocycles. The molecule has 1 aliphatic rings. The van der Waals surface area contributed by atoms with Crippen LogP contribution in [0.4, 0.5) is 13.2 Å². The molecular formula is C12H13F3O. The summed E-state index contributed by atoms with van der Waals surface area (Å²) in [4.78, 5) is 0. The van der Waals surface area contributed by atoms with Crippen LogP contribution in [-0.2, 0) is 11.3 Å². The molecule has 0 spiro atoms. The van der Waals surface area contributed by atoms with E-state index in [1.807, 2.05) is 0 Å². The zero-order valence-corrected chi connectivity index (χ0v) is 8.81. The van der Waals surface area contributed by atoms with Crippen LogP contribution in [0.25, 0.3) is 0 Å². The summed E-state index contributed by atoms with van der Waals surface area (Å²) in [6.07, 6.45) is 3.49. The lowest BCUT2D eigenvalue weighted by Gasteiger charge is -2.24. The van der Waals surface area contributed by atoms with Gasteiger partial charge < -0.3 is 4.74 Å². The van der Waals surface area contributed by atoms with Gasteiger partial charge >= 0.3 is 0 Å². The molecule has 2 rings (SSSR count). The highest BCUT2D eigenvalue weighted by atomic mass is 19.2. The van der Waals surface area contributed by atoms with Crippen LogP contribution in [0.15, 0.2) is 12.1 Å². The molecule has 0 unspecified atom stereocenters. The topological polar surface area (TPSA) is 9.23 Å². The van der Waals surface area contributed by atoms with Crippen molar-refractivity contribution in [1.29, 1.82) is 0 Å². The molecule has 1 nitrogen and oxygen atoms in total. The number of hydrogen-bond donors (Lipinski definition) is 0. The molecule has 0 aliphatic heterocycles. The van der Waals surface area contributed by atoms with Gasteiger partial charge in [-0.25, -0.2) is 13.2 Å². The van der Waals surface area contributed by atoms with Gasteiger partial charge in [0.25, 0.3) is 0 Å². The van der Waals surface area contributed by atoms with Crippen LogP contribution in [-0.4, -0.2) is 6.61 Å². The van der Waals surface area contributed by atoms with Crippen molar-refractivity contribution in [2.45, 2.75) is 25.9 Å². The molecule has 1 aromatic rings. The molecule has 1 fully saturated rings. The third kappa shape index (κ3) is 2.38. The van der Waals surface area contributed by atoms with Gasteiger partial charge in [-0.15, -0.1) is 0 Å². The van der Waals surface area contributed by atoms with E-state index in [0.29, 0.717) is 12.5 Å². The first-order valence-corrected chi connectivity index (χ1v) is 5.38. The van der Waals surface area contributed by atoms with Gasteiger partial charge in [0.05, 0.1) is 6.61 Å². The van der Waals surface area contributed by atoms with E-state index in [4.69, 9.17) is 4.74 Å². The van der Waals surface area contributed by atoms with E-state index < -0.39 is 17.5 Å². The van der Waals surface area contributed by atoms with Crippen LogP contribution in [0.1, 0.15) is 24.8 Å².